The average molecular weight is 523 g/mol. The van der Waals surface area contributed by atoms with Gasteiger partial charge in [0.05, 0.1) is 11.9 Å². The second kappa shape index (κ2) is 9.70. The fourth-order valence-corrected chi connectivity index (χ4v) is 6.17. The van der Waals surface area contributed by atoms with Crippen LogP contribution in [0.5, 0.6) is 0 Å². The third kappa shape index (κ3) is 5.07. The van der Waals surface area contributed by atoms with E-state index in [1.165, 1.54) is 18.0 Å². The molecular weight excluding hydrogens is 492 g/mol. The SMILES string of the molecule is Cc1cc(-c2cc(C(=O)N3[C@@H]4CC[C@H]3CC(C(=O)N[C@@H]3CC[C@@H](C(F)(F)F)N(C)C3)C4)n[nH]2)c(F)cn1. The summed E-state index contributed by atoms with van der Waals surface area (Å²) in [6.45, 7) is 1.90. The van der Waals surface area contributed by atoms with Crippen molar-refractivity contribution in [2.75, 3.05) is 13.6 Å². The first kappa shape index (κ1) is 25.6. The van der Waals surface area contributed by atoms with E-state index < -0.39 is 18.0 Å². The molecule has 0 aliphatic carbocycles. The summed E-state index contributed by atoms with van der Waals surface area (Å²) in [6.07, 6.45) is -0.369. The molecule has 8 nitrogen and oxygen atoms in total. The lowest BCUT2D eigenvalue weighted by Gasteiger charge is -2.40. The molecule has 0 spiro atoms. The molecule has 37 heavy (non-hydrogen) atoms. The van der Waals surface area contributed by atoms with Crippen LogP contribution in [0.2, 0.25) is 0 Å². The van der Waals surface area contributed by atoms with Crippen LogP contribution in [-0.4, -0.2) is 80.7 Å². The number of carbonyl (C=O) groups excluding carboxylic acids is 2. The van der Waals surface area contributed by atoms with Crippen molar-refractivity contribution in [3.05, 3.63) is 35.5 Å². The van der Waals surface area contributed by atoms with Crippen LogP contribution in [0, 0.1) is 18.7 Å². The maximum Gasteiger partial charge on any atom is 0.404 e. The normalized spacial score (nSPS) is 28.4. The number of nitrogens with zero attached hydrogens (tertiary/aromatic N) is 4. The van der Waals surface area contributed by atoms with Crippen LogP contribution in [0.15, 0.2) is 18.3 Å². The average Bonchev–Trinajstić information content (AvgIpc) is 3.42. The van der Waals surface area contributed by atoms with E-state index >= 15 is 0 Å². The van der Waals surface area contributed by atoms with Gasteiger partial charge >= 0.3 is 6.18 Å². The minimum atomic E-state index is -4.28. The Morgan fingerprint density at radius 3 is 2.46 bits per heavy atom. The van der Waals surface area contributed by atoms with Crippen molar-refractivity contribution < 1.29 is 27.2 Å². The number of hydrogen-bond acceptors (Lipinski definition) is 5. The summed E-state index contributed by atoms with van der Waals surface area (Å²) in [5.74, 6) is -1.22. The van der Waals surface area contributed by atoms with Crippen molar-refractivity contribution in [3.8, 4) is 11.3 Å². The number of fused-ring (bicyclic) bond motifs is 2. The monoisotopic (exact) mass is 522 g/mol. The van der Waals surface area contributed by atoms with Gasteiger partial charge in [-0.2, -0.15) is 18.3 Å². The number of rotatable bonds is 4. The Kier molecular flexibility index (Phi) is 6.71. The summed E-state index contributed by atoms with van der Waals surface area (Å²) in [7, 11) is 1.44. The number of amides is 2. The highest BCUT2D eigenvalue weighted by Crippen LogP contribution is 2.40. The number of hydrogen-bond donors (Lipinski definition) is 2. The number of pyridine rings is 1. The minimum Gasteiger partial charge on any atom is -0.352 e. The van der Waals surface area contributed by atoms with Gasteiger partial charge in [-0.15, -0.1) is 0 Å². The molecule has 5 atom stereocenters. The number of carbonyl (C=O) groups is 2. The maximum absolute atomic E-state index is 14.2. The standard InChI is InChI=1S/C25H30F4N6O2/c1-13-7-18(19(26)11-30-13)20-10-21(33-32-20)24(37)35-16-4-5-17(35)9-14(8-16)23(36)31-15-3-6-22(25(27,28)29)34(2)12-15/h7,10-11,14-17,22H,3-6,8-9,12H2,1-2H3,(H,31,36)(H,32,33)/t14?,15-,16-,17+,22+/m1/s1. The first-order chi connectivity index (χ1) is 17.5. The van der Waals surface area contributed by atoms with Crippen LogP contribution in [-0.2, 0) is 4.79 Å². The molecule has 2 aromatic heterocycles. The van der Waals surface area contributed by atoms with Crippen LogP contribution >= 0.6 is 0 Å². The first-order valence-corrected chi connectivity index (χ1v) is 12.6. The van der Waals surface area contributed by atoms with E-state index in [-0.39, 0.29) is 66.5 Å². The van der Waals surface area contributed by atoms with E-state index in [4.69, 9.17) is 0 Å². The predicted molar refractivity (Wildman–Crippen MR) is 126 cm³/mol. The van der Waals surface area contributed by atoms with Gasteiger partial charge in [-0.1, -0.05) is 0 Å². The molecule has 200 valence electrons. The number of aryl methyl sites for hydroxylation is 1. The minimum absolute atomic E-state index is 0.0439. The van der Waals surface area contributed by atoms with Crippen molar-refractivity contribution >= 4 is 11.8 Å². The van der Waals surface area contributed by atoms with Gasteiger partial charge in [0.15, 0.2) is 11.5 Å². The summed E-state index contributed by atoms with van der Waals surface area (Å²) in [4.78, 5) is 33.3. The molecule has 0 saturated carbocycles. The van der Waals surface area contributed by atoms with Gasteiger partial charge in [0.1, 0.15) is 6.04 Å². The number of H-pyrrole nitrogens is 1. The summed E-state index contributed by atoms with van der Waals surface area (Å²) >= 11 is 0. The summed E-state index contributed by atoms with van der Waals surface area (Å²) in [6, 6.07) is 1.07. The zero-order chi connectivity index (χ0) is 26.5. The number of alkyl halides is 3. The second-order valence-corrected chi connectivity index (χ2v) is 10.5. The maximum atomic E-state index is 14.2. The van der Waals surface area contributed by atoms with Crippen LogP contribution in [0.3, 0.4) is 0 Å². The topological polar surface area (TPSA) is 94.2 Å². The molecule has 2 amide bonds. The molecule has 2 N–H and O–H groups in total. The Labute approximate surface area is 211 Å². The number of aromatic nitrogens is 3. The third-order valence-corrected chi connectivity index (χ3v) is 7.97. The Morgan fingerprint density at radius 2 is 1.81 bits per heavy atom. The number of piperidine rings is 2. The second-order valence-electron chi connectivity index (χ2n) is 10.5. The molecule has 3 aliphatic heterocycles. The first-order valence-electron chi connectivity index (χ1n) is 12.6. The van der Waals surface area contributed by atoms with Gasteiger partial charge in [0.2, 0.25) is 5.91 Å². The molecule has 5 rings (SSSR count). The number of likely N-dealkylation sites (N-methyl/N-ethyl adjacent to an activating group) is 1. The van der Waals surface area contributed by atoms with Crippen LogP contribution in [0.1, 0.15) is 54.7 Å². The van der Waals surface area contributed by atoms with Crippen molar-refractivity contribution in [2.24, 2.45) is 5.92 Å². The van der Waals surface area contributed by atoms with E-state index in [1.54, 1.807) is 17.9 Å². The third-order valence-electron chi connectivity index (χ3n) is 7.97. The highest BCUT2D eigenvalue weighted by molar-refractivity contribution is 5.94. The Balaban J connectivity index is 1.21. The van der Waals surface area contributed by atoms with Gasteiger partial charge in [0.25, 0.3) is 5.91 Å². The zero-order valence-electron chi connectivity index (χ0n) is 20.7. The summed E-state index contributed by atoms with van der Waals surface area (Å²) in [5.41, 5.74) is 1.50. The quantitative estimate of drug-likeness (QED) is 0.600. The number of nitrogens with one attached hydrogen (secondary N) is 2. The highest BCUT2D eigenvalue weighted by Gasteiger charge is 2.47. The Bertz CT molecular complexity index is 1170. The van der Waals surface area contributed by atoms with Gasteiger partial charge in [0, 0.05) is 41.8 Å². The van der Waals surface area contributed by atoms with Crippen molar-refractivity contribution in [3.63, 3.8) is 0 Å². The van der Waals surface area contributed by atoms with Crippen LogP contribution in [0.25, 0.3) is 11.3 Å². The summed E-state index contributed by atoms with van der Waals surface area (Å²) in [5, 5.41) is 9.83. The predicted octanol–water partition coefficient (Wildman–Crippen LogP) is 3.44. The molecule has 1 unspecified atom stereocenters. The van der Waals surface area contributed by atoms with Crippen molar-refractivity contribution in [1.82, 2.24) is 30.3 Å². The van der Waals surface area contributed by atoms with Crippen LogP contribution in [0.4, 0.5) is 17.6 Å². The van der Waals surface area contributed by atoms with Gasteiger partial charge < -0.3 is 10.2 Å². The molecular formula is C25H30F4N6O2. The van der Waals surface area contributed by atoms with E-state index in [2.05, 4.69) is 20.5 Å². The highest BCUT2D eigenvalue weighted by atomic mass is 19.4. The van der Waals surface area contributed by atoms with E-state index in [1.807, 2.05) is 0 Å². The number of aromatic amines is 1. The molecule has 2 aromatic rings. The fourth-order valence-electron chi connectivity index (χ4n) is 6.17. The zero-order valence-corrected chi connectivity index (χ0v) is 20.7. The Morgan fingerprint density at radius 1 is 1.11 bits per heavy atom. The molecule has 3 saturated heterocycles. The summed E-state index contributed by atoms with van der Waals surface area (Å²) < 4.78 is 53.6. The molecule has 12 heteroatoms. The molecule has 2 bridgehead atoms. The van der Waals surface area contributed by atoms with Gasteiger partial charge in [-0.25, -0.2) is 4.39 Å². The molecule has 3 aliphatic rings. The lowest BCUT2D eigenvalue weighted by Crippen LogP contribution is -2.56. The molecule has 0 radical (unpaired) electrons. The molecule has 3 fully saturated rings. The van der Waals surface area contributed by atoms with Crippen molar-refractivity contribution in [2.45, 2.75) is 75.8 Å². The smallest absolute Gasteiger partial charge is 0.352 e. The lowest BCUT2D eigenvalue weighted by atomic mass is 9.89. The molecule has 5 heterocycles. The van der Waals surface area contributed by atoms with E-state index in [0.29, 0.717) is 24.2 Å². The van der Waals surface area contributed by atoms with Crippen molar-refractivity contribution in [1.29, 1.82) is 0 Å². The van der Waals surface area contributed by atoms with E-state index in [9.17, 15) is 27.2 Å². The Hall–Kier alpha value is -3.02. The van der Waals surface area contributed by atoms with Crippen LogP contribution < -0.4 is 5.32 Å². The fraction of sp³-hybridized carbons (Fsp3) is 0.600. The van der Waals surface area contributed by atoms with E-state index in [0.717, 1.165) is 19.0 Å². The number of likely N-dealkylation sites (tertiary alicyclic amines) is 1. The van der Waals surface area contributed by atoms with Gasteiger partial charge in [-0.05, 0) is 64.6 Å². The van der Waals surface area contributed by atoms with Gasteiger partial charge in [-0.3, -0.25) is 24.6 Å². The largest absolute Gasteiger partial charge is 0.404 e. The molecule has 0 aromatic carbocycles. The lowest BCUT2D eigenvalue weighted by molar-refractivity contribution is -0.188. The number of halogens is 4.